The Bertz CT molecular complexity index is 190. The second-order valence-electron chi connectivity index (χ2n) is 1.34. The van der Waals surface area contributed by atoms with Crippen LogP contribution in [-0.4, -0.2) is 12.0 Å². The molecule has 0 rings (SSSR count). The maximum absolute atomic E-state index is 10.0. The fourth-order valence-electron chi connectivity index (χ4n) is 0.308. The van der Waals surface area contributed by atoms with E-state index in [0.29, 0.717) is 10.7 Å². The van der Waals surface area contributed by atoms with E-state index < -0.39 is 0 Å². The zero-order valence-electron chi connectivity index (χ0n) is 5.33. The molecule has 0 aromatic rings. The summed E-state index contributed by atoms with van der Waals surface area (Å²) in [5, 5.41) is 8.12. The lowest BCUT2D eigenvalue weighted by atomic mass is 10.5. The zero-order valence-corrected chi connectivity index (χ0v) is 6.15. The molecule has 2 nitrogen and oxygen atoms in total. The van der Waals surface area contributed by atoms with E-state index in [0.717, 1.165) is 0 Å². The topological polar surface area (TPSA) is 40.9 Å². The number of nitrogens with zero attached hydrogens (tertiary/aromatic N) is 1. The van der Waals surface area contributed by atoms with Gasteiger partial charge in [-0.15, -0.1) is 18.3 Å². The van der Waals surface area contributed by atoms with Crippen molar-refractivity contribution in [1.82, 2.24) is 0 Å². The van der Waals surface area contributed by atoms with Gasteiger partial charge < -0.3 is 0 Å². The van der Waals surface area contributed by atoms with Crippen LogP contribution in [0.2, 0.25) is 0 Å². The van der Waals surface area contributed by atoms with Crippen LogP contribution in [0.1, 0.15) is 0 Å². The van der Waals surface area contributed by atoms with Gasteiger partial charge in [0.1, 0.15) is 0 Å². The fourth-order valence-corrected chi connectivity index (χ4v) is 0.800. The Labute approximate surface area is 64.2 Å². The molecule has 0 fully saturated rings. The Kier molecular flexibility index (Phi) is 5.50. The number of rotatable bonds is 4. The average molecular weight is 152 g/mol. The summed E-state index contributed by atoms with van der Waals surface area (Å²) in [7, 11) is 0. The van der Waals surface area contributed by atoms with Gasteiger partial charge in [0.15, 0.2) is 0 Å². The molecule has 0 aliphatic carbocycles. The Hall–Kier alpha value is -1.01. The lowest BCUT2D eigenvalue weighted by molar-refractivity contribution is 0.563. The van der Waals surface area contributed by atoms with Crippen LogP contribution < -0.4 is 0 Å². The second-order valence-corrected chi connectivity index (χ2v) is 2.40. The average Bonchev–Trinajstić information content (AvgIpc) is 1.98. The molecule has 0 aliphatic rings. The molecule has 1 radical (unpaired) electrons. The largest absolute Gasteiger partial charge is 0.284 e. The summed E-state index contributed by atoms with van der Waals surface area (Å²) >= 11 is 1.24. The first-order valence-electron chi connectivity index (χ1n) is 2.56. The van der Waals surface area contributed by atoms with Gasteiger partial charge in [0.2, 0.25) is 6.29 Å². The zero-order chi connectivity index (χ0) is 7.82. The second kappa shape index (κ2) is 6.12. The van der Waals surface area contributed by atoms with Gasteiger partial charge in [-0.3, -0.25) is 4.79 Å². The Morgan fingerprint density at radius 3 is 2.90 bits per heavy atom. The Balaban J connectivity index is 3.85. The summed E-state index contributed by atoms with van der Waals surface area (Å²) in [6.45, 7) is 3.47. The third-order valence-electron chi connectivity index (χ3n) is 0.653. The molecule has 0 heterocycles. The minimum absolute atomic E-state index is 0.322. The first kappa shape index (κ1) is 8.99. The minimum atomic E-state index is 0.322. The molecule has 0 unspecified atom stereocenters. The van der Waals surface area contributed by atoms with Gasteiger partial charge in [-0.2, -0.15) is 5.26 Å². The highest BCUT2D eigenvalue weighted by atomic mass is 32.2. The third-order valence-corrected chi connectivity index (χ3v) is 1.57. The third kappa shape index (κ3) is 3.93. The lowest BCUT2D eigenvalue weighted by Gasteiger charge is -1.88. The van der Waals surface area contributed by atoms with Crippen LogP contribution in [0.4, 0.5) is 0 Å². The van der Waals surface area contributed by atoms with Crippen molar-refractivity contribution in [3.05, 3.63) is 23.6 Å². The predicted molar refractivity (Wildman–Crippen MR) is 42.0 cm³/mol. The Morgan fingerprint density at radius 1 is 1.80 bits per heavy atom. The summed E-state index contributed by atoms with van der Waals surface area (Å²) in [6.07, 6.45) is 4.47. The molecule has 0 saturated heterocycles. The van der Waals surface area contributed by atoms with Gasteiger partial charge in [-0.25, -0.2) is 0 Å². The molecule has 0 bridgehead atoms. The van der Waals surface area contributed by atoms with Crippen molar-refractivity contribution < 1.29 is 4.79 Å². The molecular weight excluding hydrogens is 146 g/mol. The monoisotopic (exact) mass is 152 g/mol. The normalized spacial score (nSPS) is 10.1. The van der Waals surface area contributed by atoms with Crippen LogP contribution in [0, 0.1) is 11.3 Å². The molecule has 0 saturated carbocycles. The summed E-state index contributed by atoms with van der Waals surface area (Å²) in [6, 6.07) is 1.75. The van der Waals surface area contributed by atoms with E-state index in [-0.39, 0.29) is 0 Å². The van der Waals surface area contributed by atoms with E-state index in [9.17, 15) is 4.79 Å². The van der Waals surface area contributed by atoms with Gasteiger partial charge in [0.05, 0.1) is 11.0 Å². The molecule has 0 spiro atoms. The molecule has 10 heavy (non-hydrogen) atoms. The standard InChI is InChI=1S/C7H6NOS/c1-2-5-10-7(6-9)3-4-8/h2-3H,1,5H2. The highest BCUT2D eigenvalue weighted by Gasteiger charge is 1.93. The maximum atomic E-state index is 10.0. The van der Waals surface area contributed by atoms with Gasteiger partial charge >= 0.3 is 0 Å². The lowest BCUT2D eigenvalue weighted by Crippen LogP contribution is -1.78. The molecule has 51 valence electrons. The van der Waals surface area contributed by atoms with Crippen LogP contribution in [0.25, 0.3) is 0 Å². The molecule has 3 heteroatoms. The molecule has 0 aromatic carbocycles. The number of hydrogen-bond donors (Lipinski definition) is 0. The smallest absolute Gasteiger partial charge is 0.241 e. The van der Waals surface area contributed by atoms with E-state index in [1.807, 2.05) is 0 Å². The highest BCUT2D eigenvalue weighted by molar-refractivity contribution is 8.04. The maximum Gasteiger partial charge on any atom is 0.241 e. The van der Waals surface area contributed by atoms with E-state index in [1.165, 1.54) is 17.8 Å². The number of allylic oxidation sites excluding steroid dienone is 2. The van der Waals surface area contributed by atoms with E-state index >= 15 is 0 Å². The van der Waals surface area contributed by atoms with Gasteiger partial charge in [0, 0.05) is 11.8 Å². The fraction of sp³-hybridized carbons (Fsp3) is 0.143. The minimum Gasteiger partial charge on any atom is -0.284 e. The number of nitriles is 1. The van der Waals surface area contributed by atoms with Crippen molar-refractivity contribution >= 4 is 18.0 Å². The van der Waals surface area contributed by atoms with Crippen LogP contribution in [0.5, 0.6) is 0 Å². The number of carbonyl (C=O) groups excluding carboxylic acids is 1. The Morgan fingerprint density at radius 2 is 2.50 bits per heavy atom. The van der Waals surface area contributed by atoms with Crippen molar-refractivity contribution in [3.8, 4) is 6.07 Å². The first-order chi connectivity index (χ1) is 4.85. The van der Waals surface area contributed by atoms with Crippen LogP contribution in [0.15, 0.2) is 23.6 Å². The van der Waals surface area contributed by atoms with Gasteiger partial charge in [-0.1, -0.05) is 6.08 Å². The molecule has 0 N–H and O–H groups in total. The SMILES string of the molecule is C=CCSC([C]=O)=CC#N. The van der Waals surface area contributed by atoms with Crippen molar-refractivity contribution in [2.24, 2.45) is 0 Å². The molecule has 0 aromatic heterocycles. The number of hydrogen-bond acceptors (Lipinski definition) is 3. The molecule has 0 amide bonds. The number of thioether (sulfide) groups is 1. The van der Waals surface area contributed by atoms with Crippen LogP contribution in [0.3, 0.4) is 0 Å². The van der Waals surface area contributed by atoms with Crippen LogP contribution in [-0.2, 0) is 4.79 Å². The van der Waals surface area contributed by atoms with Gasteiger partial charge in [0.25, 0.3) is 0 Å². The van der Waals surface area contributed by atoms with E-state index in [2.05, 4.69) is 6.58 Å². The summed E-state index contributed by atoms with van der Waals surface area (Å²) in [5.41, 5.74) is 0. The molecular formula is C7H6NOS. The molecule has 0 atom stereocenters. The van der Waals surface area contributed by atoms with Crippen molar-refractivity contribution in [2.45, 2.75) is 0 Å². The van der Waals surface area contributed by atoms with Crippen molar-refractivity contribution in [1.29, 1.82) is 5.26 Å². The van der Waals surface area contributed by atoms with Crippen molar-refractivity contribution in [2.75, 3.05) is 5.75 Å². The first-order valence-corrected chi connectivity index (χ1v) is 3.55. The van der Waals surface area contributed by atoms with Gasteiger partial charge in [-0.05, 0) is 0 Å². The quantitative estimate of drug-likeness (QED) is 0.347. The van der Waals surface area contributed by atoms with E-state index in [4.69, 9.17) is 5.26 Å². The summed E-state index contributed by atoms with van der Waals surface area (Å²) < 4.78 is 0. The van der Waals surface area contributed by atoms with Crippen LogP contribution >= 0.6 is 11.8 Å². The summed E-state index contributed by atoms with van der Waals surface area (Å²) in [5.74, 6) is 0.628. The predicted octanol–water partition coefficient (Wildman–Crippen LogP) is 1.42. The van der Waals surface area contributed by atoms with Crippen molar-refractivity contribution in [3.63, 3.8) is 0 Å². The summed E-state index contributed by atoms with van der Waals surface area (Å²) in [4.78, 5) is 10.3. The molecule has 0 aliphatic heterocycles. The van der Waals surface area contributed by atoms with E-state index in [1.54, 1.807) is 18.4 Å². The highest BCUT2D eigenvalue weighted by Crippen LogP contribution is 2.11.